The van der Waals surface area contributed by atoms with Crippen molar-refractivity contribution in [1.29, 1.82) is 0 Å². The Labute approximate surface area is 114 Å². The molecule has 2 rings (SSSR count). The predicted molar refractivity (Wildman–Crippen MR) is 78.2 cm³/mol. The summed E-state index contributed by atoms with van der Waals surface area (Å²) in [4.78, 5) is 2.34. The molecule has 1 aromatic rings. The highest BCUT2D eigenvalue weighted by molar-refractivity contribution is 7.99. The number of hydrogen-bond donors (Lipinski definition) is 1. The Morgan fingerprint density at radius 1 is 1.33 bits per heavy atom. The van der Waals surface area contributed by atoms with Gasteiger partial charge in [0.05, 0.1) is 5.69 Å². The van der Waals surface area contributed by atoms with Crippen LogP contribution in [0.2, 0.25) is 0 Å². The van der Waals surface area contributed by atoms with Crippen molar-refractivity contribution in [3.05, 3.63) is 17.8 Å². The molecular weight excluding hydrogens is 244 g/mol. The number of nitrogens with zero attached hydrogens (tertiary/aromatic N) is 3. The second-order valence-corrected chi connectivity index (χ2v) is 5.72. The Morgan fingerprint density at radius 3 is 2.67 bits per heavy atom. The van der Waals surface area contributed by atoms with Crippen molar-refractivity contribution in [1.82, 2.24) is 15.5 Å². The van der Waals surface area contributed by atoms with E-state index in [-0.39, 0.29) is 0 Å². The molecule has 0 aromatic carbocycles. The van der Waals surface area contributed by atoms with Crippen molar-refractivity contribution >= 4 is 17.6 Å². The van der Waals surface area contributed by atoms with Gasteiger partial charge in [-0.1, -0.05) is 6.92 Å². The van der Waals surface area contributed by atoms with E-state index in [1.807, 2.05) is 11.8 Å². The summed E-state index contributed by atoms with van der Waals surface area (Å²) < 4.78 is 0. The third-order valence-corrected chi connectivity index (χ3v) is 4.50. The summed E-state index contributed by atoms with van der Waals surface area (Å²) in [6.45, 7) is 6.07. The lowest BCUT2D eigenvalue weighted by Gasteiger charge is -2.31. The summed E-state index contributed by atoms with van der Waals surface area (Å²) in [7, 11) is 0. The molecule has 0 bridgehead atoms. The maximum absolute atomic E-state index is 4.34. The van der Waals surface area contributed by atoms with Crippen LogP contribution in [0.1, 0.15) is 25.5 Å². The molecule has 1 N–H and O–H groups in total. The third kappa shape index (κ3) is 3.59. The van der Waals surface area contributed by atoms with Crippen molar-refractivity contribution in [3.8, 4) is 0 Å². The molecule has 1 aliphatic heterocycles. The van der Waals surface area contributed by atoms with Gasteiger partial charge < -0.3 is 10.2 Å². The summed E-state index contributed by atoms with van der Waals surface area (Å²) in [5.41, 5.74) is 1.01. The maximum atomic E-state index is 4.34. The van der Waals surface area contributed by atoms with E-state index in [1.165, 1.54) is 12.8 Å². The van der Waals surface area contributed by atoms with E-state index in [0.29, 0.717) is 0 Å². The van der Waals surface area contributed by atoms with Crippen LogP contribution in [0.4, 0.5) is 5.82 Å². The molecule has 100 valence electrons. The van der Waals surface area contributed by atoms with Gasteiger partial charge in [-0.05, 0) is 37.8 Å². The van der Waals surface area contributed by atoms with E-state index in [9.17, 15) is 0 Å². The molecule has 0 unspecified atom stereocenters. The fourth-order valence-corrected chi connectivity index (χ4v) is 2.87. The minimum absolute atomic E-state index is 0.804. The molecule has 1 aromatic heterocycles. The number of aromatic nitrogens is 2. The zero-order valence-corrected chi connectivity index (χ0v) is 12.0. The van der Waals surface area contributed by atoms with Crippen LogP contribution >= 0.6 is 11.8 Å². The van der Waals surface area contributed by atoms with Gasteiger partial charge in [0, 0.05) is 24.9 Å². The number of nitrogens with one attached hydrogen (secondary N) is 1. The molecule has 2 heterocycles. The molecule has 1 aliphatic rings. The number of piperidine rings is 1. The quantitative estimate of drug-likeness (QED) is 0.882. The fraction of sp³-hybridized carbons (Fsp3) is 0.692. The first-order chi connectivity index (χ1) is 8.83. The largest absolute Gasteiger partial charge is 0.355 e. The first-order valence-corrected chi connectivity index (χ1v) is 7.93. The van der Waals surface area contributed by atoms with E-state index in [2.05, 4.69) is 45.7 Å². The number of thioether (sulfide) groups is 1. The van der Waals surface area contributed by atoms with Gasteiger partial charge in [0.2, 0.25) is 0 Å². The van der Waals surface area contributed by atoms with Gasteiger partial charge in [0.15, 0.2) is 5.82 Å². The zero-order valence-electron chi connectivity index (χ0n) is 11.2. The van der Waals surface area contributed by atoms with Gasteiger partial charge in [0.25, 0.3) is 0 Å². The lowest BCUT2D eigenvalue weighted by molar-refractivity contribution is 0.583. The third-order valence-electron chi connectivity index (χ3n) is 3.36. The van der Waals surface area contributed by atoms with E-state index in [4.69, 9.17) is 0 Å². The van der Waals surface area contributed by atoms with Crippen LogP contribution in [0.3, 0.4) is 0 Å². The van der Waals surface area contributed by atoms with Gasteiger partial charge in [-0.3, -0.25) is 0 Å². The van der Waals surface area contributed by atoms with Crippen molar-refractivity contribution < 1.29 is 0 Å². The summed E-state index contributed by atoms with van der Waals surface area (Å²) in [6, 6.07) is 4.17. The normalized spacial score (nSPS) is 17.1. The Morgan fingerprint density at radius 2 is 2.11 bits per heavy atom. The molecular formula is C13H22N4S. The van der Waals surface area contributed by atoms with Gasteiger partial charge in [0.1, 0.15) is 0 Å². The molecule has 1 fully saturated rings. The molecule has 1 saturated heterocycles. The van der Waals surface area contributed by atoms with Crippen LogP contribution < -0.4 is 10.2 Å². The van der Waals surface area contributed by atoms with Crippen molar-refractivity contribution in [2.45, 2.75) is 31.6 Å². The van der Waals surface area contributed by atoms with Crippen molar-refractivity contribution in [2.75, 3.05) is 30.8 Å². The van der Waals surface area contributed by atoms with Crippen LogP contribution in [0.25, 0.3) is 0 Å². The van der Waals surface area contributed by atoms with Crippen LogP contribution in [-0.2, 0) is 6.54 Å². The molecule has 5 heteroatoms. The Kier molecular flexibility index (Phi) is 5.26. The molecule has 0 saturated carbocycles. The summed E-state index contributed by atoms with van der Waals surface area (Å²) >= 11 is 1.98. The Bertz CT molecular complexity index is 347. The van der Waals surface area contributed by atoms with E-state index < -0.39 is 0 Å². The fourth-order valence-electron chi connectivity index (χ4n) is 2.19. The molecule has 4 nitrogen and oxygen atoms in total. The zero-order chi connectivity index (χ0) is 12.8. The van der Waals surface area contributed by atoms with Gasteiger partial charge in [-0.25, -0.2) is 0 Å². The second-order valence-electron chi connectivity index (χ2n) is 4.59. The first-order valence-electron chi connectivity index (χ1n) is 6.64. The van der Waals surface area contributed by atoms with Gasteiger partial charge in [-0.2, -0.15) is 16.9 Å². The first kappa shape index (κ1) is 13.6. The van der Waals surface area contributed by atoms with Crippen LogP contribution in [0.15, 0.2) is 12.1 Å². The van der Waals surface area contributed by atoms with E-state index in [0.717, 1.165) is 42.9 Å². The molecule has 0 aliphatic carbocycles. The number of hydrogen-bond acceptors (Lipinski definition) is 5. The molecule has 0 atom stereocenters. The number of rotatable bonds is 5. The molecule has 0 amide bonds. The minimum atomic E-state index is 0.804. The van der Waals surface area contributed by atoms with Crippen molar-refractivity contribution in [2.24, 2.45) is 0 Å². The monoisotopic (exact) mass is 266 g/mol. The standard InChI is InChI=1S/C13H22N4S/c1-3-14-10-11-4-5-13(16-15-11)17-8-6-12(18-2)7-9-17/h4-5,12,14H,3,6-10H2,1-2H3. The van der Waals surface area contributed by atoms with E-state index >= 15 is 0 Å². The minimum Gasteiger partial charge on any atom is -0.355 e. The predicted octanol–water partition coefficient (Wildman–Crippen LogP) is 1.92. The summed E-state index contributed by atoms with van der Waals surface area (Å²) in [6.07, 6.45) is 4.71. The maximum Gasteiger partial charge on any atom is 0.151 e. The number of anilines is 1. The highest BCUT2D eigenvalue weighted by Crippen LogP contribution is 2.23. The van der Waals surface area contributed by atoms with E-state index in [1.54, 1.807) is 0 Å². The molecule has 18 heavy (non-hydrogen) atoms. The topological polar surface area (TPSA) is 41.0 Å². The van der Waals surface area contributed by atoms with Crippen LogP contribution in [0.5, 0.6) is 0 Å². The van der Waals surface area contributed by atoms with Crippen LogP contribution in [0, 0.1) is 0 Å². The summed E-state index contributed by atoms with van der Waals surface area (Å²) in [5, 5.41) is 12.7. The van der Waals surface area contributed by atoms with Crippen molar-refractivity contribution in [3.63, 3.8) is 0 Å². The lowest BCUT2D eigenvalue weighted by Crippen LogP contribution is -2.35. The highest BCUT2D eigenvalue weighted by atomic mass is 32.2. The second kappa shape index (κ2) is 6.95. The SMILES string of the molecule is CCNCc1ccc(N2CCC(SC)CC2)nn1. The van der Waals surface area contributed by atoms with Crippen LogP contribution in [-0.4, -0.2) is 41.3 Å². The average Bonchev–Trinajstić information content (AvgIpc) is 2.46. The van der Waals surface area contributed by atoms with Gasteiger partial charge >= 0.3 is 0 Å². The average molecular weight is 266 g/mol. The molecule has 0 radical (unpaired) electrons. The van der Waals surface area contributed by atoms with Gasteiger partial charge in [-0.15, -0.1) is 5.10 Å². The highest BCUT2D eigenvalue weighted by Gasteiger charge is 2.19. The smallest absolute Gasteiger partial charge is 0.151 e. The lowest BCUT2D eigenvalue weighted by atomic mass is 10.1. The Balaban J connectivity index is 1.89. The molecule has 0 spiro atoms. The Hall–Kier alpha value is -0.810. The summed E-state index contributed by atoms with van der Waals surface area (Å²) in [5.74, 6) is 1.02.